The first-order chi connectivity index (χ1) is 11.9. The number of amides is 2. The summed E-state index contributed by atoms with van der Waals surface area (Å²) in [6.45, 7) is 5.15. The van der Waals surface area contributed by atoms with Crippen molar-refractivity contribution in [2.24, 2.45) is 0 Å². The van der Waals surface area contributed by atoms with Crippen LogP contribution in [0.4, 0.5) is 5.13 Å². The lowest BCUT2D eigenvalue weighted by atomic mass is 10.2. The molecule has 3 aromatic heterocycles. The molecule has 2 N–H and O–H groups in total. The van der Waals surface area contributed by atoms with E-state index in [0.29, 0.717) is 45.9 Å². The molecule has 3 heterocycles. The summed E-state index contributed by atoms with van der Waals surface area (Å²) in [5.41, 5.74) is 1.54. The van der Waals surface area contributed by atoms with Crippen LogP contribution in [0.1, 0.15) is 34.5 Å². The quantitative estimate of drug-likeness (QED) is 0.724. The van der Waals surface area contributed by atoms with Crippen LogP contribution in [0.3, 0.4) is 0 Å². The summed E-state index contributed by atoms with van der Waals surface area (Å²) in [7, 11) is 0. The minimum absolute atomic E-state index is 0.129. The molecule has 2 amide bonds. The van der Waals surface area contributed by atoms with Gasteiger partial charge in [-0.3, -0.25) is 14.9 Å². The lowest BCUT2D eigenvalue weighted by molar-refractivity contribution is -0.119. The molecule has 0 atom stereocenters. The zero-order valence-electron chi connectivity index (χ0n) is 13.9. The van der Waals surface area contributed by atoms with Crippen LogP contribution in [0.15, 0.2) is 26.5 Å². The van der Waals surface area contributed by atoms with E-state index in [1.807, 2.05) is 0 Å². The Labute approximate surface area is 147 Å². The molecule has 3 rings (SSSR count). The highest BCUT2D eigenvalue weighted by molar-refractivity contribution is 7.14. The number of anilines is 1. The molecule has 25 heavy (non-hydrogen) atoms. The van der Waals surface area contributed by atoms with Crippen LogP contribution in [0.2, 0.25) is 0 Å². The van der Waals surface area contributed by atoms with Gasteiger partial charge in [0.1, 0.15) is 22.8 Å². The second-order valence-electron chi connectivity index (χ2n) is 5.37. The molecular formula is C16H16N4O4S. The van der Waals surface area contributed by atoms with Gasteiger partial charge in [0, 0.05) is 12.3 Å². The second-order valence-corrected chi connectivity index (χ2v) is 6.22. The standard InChI is InChI=1S/C16H16N4O4S/c1-8-14(9(2)24-20-8)15(22)19-16-18-12(7-25-16)13-5-4-11(23-13)6-17-10(3)21/h4-5,7H,6H2,1-3H3,(H,17,21)(H,18,19,22). The van der Waals surface area contributed by atoms with E-state index >= 15 is 0 Å². The van der Waals surface area contributed by atoms with E-state index in [4.69, 9.17) is 8.94 Å². The zero-order valence-corrected chi connectivity index (χ0v) is 14.7. The molecule has 0 saturated carbocycles. The minimum Gasteiger partial charge on any atom is -0.458 e. The van der Waals surface area contributed by atoms with Gasteiger partial charge in [-0.15, -0.1) is 11.3 Å². The number of thiazole rings is 1. The molecule has 0 unspecified atom stereocenters. The van der Waals surface area contributed by atoms with Gasteiger partial charge in [-0.2, -0.15) is 0 Å². The lowest BCUT2D eigenvalue weighted by Crippen LogP contribution is -2.18. The topological polar surface area (TPSA) is 110 Å². The van der Waals surface area contributed by atoms with Gasteiger partial charge < -0.3 is 14.3 Å². The van der Waals surface area contributed by atoms with Crippen LogP contribution in [-0.2, 0) is 11.3 Å². The zero-order chi connectivity index (χ0) is 18.0. The lowest BCUT2D eigenvalue weighted by Gasteiger charge is -2.00. The molecule has 0 bridgehead atoms. The van der Waals surface area contributed by atoms with E-state index in [0.717, 1.165) is 0 Å². The third-order valence-corrected chi connectivity index (χ3v) is 4.17. The smallest absolute Gasteiger partial charge is 0.262 e. The van der Waals surface area contributed by atoms with Gasteiger partial charge in [0.25, 0.3) is 5.91 Å². The van der Waals surface area contributed by atoms with Gasteiger partial charge in [0.05, 0.1) is 12.2 Å². The molecule has 3 aromatic rings. The normalized spacial score (nSPS) is 10.7. The maximum atomic E-state index is 12.3. The molecule has 0 aliphatic rings. The molecule has 0 fully saturated rings. The van der Waals surface area contributed by atoms with Gasteiger partial charge in [-0.1, -0.05) is 5.16 Å². The van der Waals surface area contributed by atoms with Crippen LogP contribution >= 0.6 is 11.3 Å². The van der Waals surface area contributed by atoms with E-state index < -0.39 is 0 Å². The maximum absolute atomic E-state index is 12.3. The van der Waals surface area contributed by atoms with Crippen molar-refractivity contribution >= 4 is 28.3 Å². The van der Waals surface area contributed by atoms with Crippen LogP contribution < -0.4 is 10.6 Å². The predicted octanol–water partition coefficient (Wildman–Crippen LogP) is 2.90. The van der Waals surface area contributed by atoms with Gasteiger partial charge >= 0.3 is 0 Å². The fourth-order valence-electron chi connectivity index (χ4n) is 2.23. The minimum atomic E-state index is -0.317. The number of carbonyl (C=O) groups excluding carboxylic acids is 2. The molecule has 130 valence electrons. The largest absolute Gasteiger partial charge is 0.458 e. The highest BCUT2D eigenvalue weighted by Crippen LogP contribution is 2.27. The van der Waals surface area contributed by atoms with Crippen LogP contribution in [0.5, 0.6) is 0 Å². The highest BCUT2D eigenvalue weighted by atomic mass is 32.1. The maximum Gasteiger partial charge on any atom is 0.262 e. The number of hydrogen-bond donors (Lipinski definition) is 2. The predicted molar refractivity (Wildman–Crippen MR) is 91.3 cm³/mol. The number of aryl methyl sites for hydroxylation is 2. The average molecular weight is 360 g/mol. The molecule has 0 spiro atoms. The van der Waals surface area contributed by atoms with Crippen molar-refractivity contribution < 1.29 is 18.5 Å². The number of nitrogens with zero attached hydrogens (tertiary/aromatic N) is 2. The highest BCUT2D eigenvalue weighted by Gasteiger charge is 2.19. The Balaban J connectivity index is 1.70. The van der Waals surface area contributed by atoms with E-state index in [9.17, 15) is 9.59 Å². The summed E-state index contributed by atoms with van der Waals surface area (Å²) < 4.78 is 10.6. The third-order valence-electron chi connectivity index (χ3n) is 3.41. The Kier molecular flexibility index (Phi) is 4.66. The Morgan fingerprint density at radius 1 is 1.28 bits per heavy atom. The van der Waals surface area contributed by atoms with E-state index in [2.05, 4.69) is 20.8 Å². The summed E-state index contributed by atoms with van der Waals surface area (Å²) in [6.07, 6.45) is 0. The van der Waals surface area contributed by atoms with Gasteiger partial charge in [0.2, 0.25) is 5.91 Å². The van der Waals surface area contributed by atoms with E-state index in [1.165, 1.54) is 18.3 Å². The summed E-state index contributed by atoms with van der Waals surface area (Å²) in [5.74, 6) is 1.20. The Morgan fingerprint density at radius 3 is 2.76 bits per heavy atom. The number of carbonyl (C=O) groups is 2. The molecule has 9 heteroatoms. The fourth-order valence-corrected chi connectivity index (χ4v) is 2.93. The number of furan rings is 1. The third kappa shape index (κ3) is 3.77. The average Bonchev–Trinajstić information content (AvgIpc) is 3.25. The van der Waals surface area contributed by atoms with Crippen molar-refractivity contribution in [2.45, 2.75) is 27.3 Å². The monoisotopic (exact) mass is 360 g/mol. The van der Waals surface area contributed by atoms with E-state index in [-0.39, 0.29) is 11.8 Å². The first-order valence-electron chi connectivity index (χ1n) is 7.47. The molecule has 0 radical (unpaired) electrons. The van der Waals surface area contributed by atoms with Crippen molar-refractivity contribution in [3.8, 4) is 11.5 Å². The number of hydrogen-bond acceptors (Lipinski definition) is 7. The molecule has 0 aliphatic carbocycles. The molecule has 0 aliphatic heterocycles. The SMILES string of the molecule is CC(=O)NCc1ccc(-c2csc(NC(=O)c3c(C)noc3C)n2)o1. The summed E-state index contributed by atoms with van der Waals surface area (Å²) in [6, 6.07) is 3.54. The molecule has 0 aromatic carbocycles. The van der Waals surface area contributed by atoms with Crippen molar-refractivity contribution in [1.29, 1.82) is 0 Å². The van der Waals surface area contributed by atoms with Crippen molar-refractivity contribution in [1.82, 2.24) is 15.5 Å². The van der Waals surface area contributed by atoms with Crippen molar-refractivity contribution in [2.75, 3.05) is 5.32 Å². The van der Waals surface area contributed by atoms with Gasteiger partial charge in [0.15, 0.2) is 10.9 Å². The summed E-state index contributed by atoms with van der Waals surface area (Å²) in [5, 5.41) is 11.4. The Hall–Kier alpha value is -2.94. The molecule has 8 nitrogen and oxygen atoms in total. The second kappa shape index (κ2) is 6.89. The van der Waals surface area contributed by atoms with Crippen molar-refractivity contribution in [3.63, 3.8) is 0 Å². The van der Waals surface area contributed by atoms with Crippen LogP contribution in [-0.4, -0.2) is 22.0 Å². The van der Waals surface area contributed by atoms with Gasteiger partial charge in [-0.25, -0.2) is 4.98 Å². The van der Waals surface area contributed by atoms with Crippen LogP contribution in [0.25, 0.3) is 11.5 Å². The molecule has 0 saturated heterocycles. The Bertz CT molecular complexity index is 905. The molecular weight excluding hydrogens is 344 g/mol. The number of nitrogens with one attached hydrogen (secondary N) is 2. The first kappa shape index (κ1) is 16.9. The van der Waals surface area contributed by atoms with Gasteiger partial charge in [-0.05, 0) is 26.0 Å². The fraction of sp³-hybridized carbons (Fsp3) is 0.250. The number of rotatable bonds is 5. The van der Waals surface area contributed by atoms with E-state index in [1.54, 1.807) is 31.4 Å². The Morgan fingerprint density at radius 2 is 2.08 bits per heavy atom. The summed E-state index contributed by atoms with van der Waals surface area (Å²) >= 11 is 1.29. The number of aromatic nitrogens is 2. The van der Waals surface area contributed by atoms with Crippen molar-refractivity contribution in [3.05, 3.63) is 40.3 Å². The summed E-state index contributed by atoms with van der Waals surface area (Å²) in [4.78, 5) is 27.6. The first-order valence-corrected chi connectivity index (χ1v) is 8.35. The van der Waals surface area contributed by atoms with Crippen LogP contribution in [0, 0.1) is 13.8 Å².